The fourth-order valence-electron chi connectivity index (χ4n) is 2.01. The van der Waals surface area contributed by atoms with Crippen molar-refractivity contribution in [2.75, 3.05) is 18.8 Å². The molecule has 2 rings (SSSR count). The summed E-state index contributed by atoms with van der Waals surface area (Å²) in [6.45, 7) is 2.39. The quantitative estimate of drug-likeness (QED) is 0.717. The molecule has 3 N–H and O–H groups in total. The number of nitrogen functional groups attached to an aromatic ring is 1. The zero-order valence-corrected chi connectivity index (χ0v) is 9.61. The second-order valence-corrected chi connectivity index (χ2v) is 4.67. The number of rotatable bonds is 1. The monoisotopic (exact) mass is 238 g/mol. The number of hydrogen-bond acceptors (Lipinski definition) is 3. The molecule has 1 unspecified atom stereocenters. The number of nitrogens with two attached hydrogens (primary N) is 1. The van der Waals surface area contributed by atoms with E-state index in [4.69, 9.17) is 5.73 Å². The summed E-state index contributed by atoms with van der Waals surface area (Å²) in [4.78, 5) is 13.6. The molecule has 1 amide bonds. The lowest BCUT2D eigenvalue weighted by atomic mass is 10.1. The van der Waals surface area contributed by atoms with Gasteiger partial charge in [-0.25, -0.2) is 4.39 Å². The van der Waals surface area contributed by atoms with E-state index in [9.17, 15) is 14.3 Å². The van der Waals surface area contributed by atoms with Gasteiger partial charge in [0.05, 0.1) is 16.9 Å². The molecule has 1 aliphatic rings. The molecule has 1 aliphatic heterocycles. The van der Waals surface area contributed by atoms with Crippen LogP contribution in [0.2, 0.25) is 0 Å². The van der Waals surface area contributed by atoms with Crippen molar-refractivity contribution >= 4 is 11.6 Å². The number of nitrogens with zero attached hydrogens (tertiary/aromatic N) is 1. The molecule has 0 bridgehead atoms. The Labute approximate surface area is 98.8 Å². The summed E-state index contributed by atoms with van der Waals surface area (Å²) in [5.74, 6) is -0.929. The van der Waals surface area contributed by atoms with E-state index >= 15 is 0 Å². The molecular weight excluding hydrogens is 223 g/mol. The van der Waals surface area contributed by atoms with Crippen LogP contribution in [-0.2, 0) is 0 Å². The highest BCUT2D eigenvalue weighted by molar-refractivity contribution is 5.99. The average molecular weight is 238 g/mol. The highest BCUT2D eigenvalue weighted by Gasteiger charge is 2.34. The summed E-state index contributed by atoms with van der Waals surface area (Å²) in [7, 11) is 0. The first-order valence-electron chi connectivity index (χ1n) is 5.46. The molecule has 1 heterocycles. The van der Waals surface area contributed by atoms with Crippen LogP contribution in [-0.4, -0.2) is 34.6 Å². The number of aliphatic hydroxyl groups is 1. The number of para-hydroxylation sites is 1. The van der Waals surface area contributed by atoms with Gasteiger partial charge < -0.3 is 15.7 Å². The van der Waals surface area contributed by atoms with Gasteiger partial charge in [-0.1, -0.05) is 6.07 Å². The van der Waals surface area contributed by atoms with Crippen LogP contribution in [0.3, 0.4) is 0 Å². The molecule has 4 nitrogen and oxygen atoms in total. The second-order valence-electron chi connectivity index (χ2n) is 4.67. The third kappa shape index (κ3) is 2.24. The lowest BCUT2D eigenvalue weighted by molar-refractivity contribution is 0.0572. The van der Waals surface area contributed by atoms with Crippen molar-refractivity contribution in [3.8, 4) is 0 Å². The maximum Gasteiger partial charge on any atom is 0.256 e. The van der Waals surface area contributed by atoms with Crippen LogP contribution < -0.4 is 5.73 Å². The standard InChI is InChI=1S/C12H15FN2O2/c1-12(17)5-6-15(7-12)11(16)8-3-2-4-9(13)10(8)14/h2-4,17H,5-7,14H2,1H3. The SMILES string of the molecule is CC1(O)CCN(C(=O)c2cccc(F)c2N)C1. The first-order valence-corrected chi connectivity index (χ1v) is 5.46. The molecule has 1 saturated heterocycles. The van der Waals surface area contributed by atoms with Crippen molar-refractivity contribution in [1.29, 1.82) is 0 Å². The van der Waals surface area contributed by atoms with Gasteiger partial charge in [0.1, 0.15) is 5.82 Å². The van der Waals surface area contributed by atoms with Gasteiger partial charge in [-0.2, -0.15) is 0 Å². The van der Waals surface area contributed by atoms with Crippen LogP contribution in [0.25, 0.3) is 0 Å². The van der Waals surface area contributed by atoms with E-state index in [1.807, 2.05) is 0 Å². The van der Waals surface area contributed by atoms with Gasteiger partial charge >= 0.3 is 0 Å². The number of carbonyl (C=O) groups is 1. The second kappa shape index (κ2) is 4.00. The number of amides is 1. The van der Waals surface area contributed by atoms with Gasteiger partial charge in [0.15, 0.2) is 0 Å². The van der Waals surface area contributed by atoms with Crippen LogP contribution >= 0.6 is 0 Å². The summed E-state index contributed by atoms with van der Waals surface area (Å²) in [6, 6.07) is 4.16. The molecule has 17 heavy (non-hydrogen) atoms. The van der Waals surface area contributed by atoms with Crippen molar-refractivity contribution in [3.63, 3.8) is 0 Å². The summed E-state index contributed by atoms with van der Waals surface area (Å²) in [6.07, 6.45) is 0.522. The fraction of sp³-hybridized carbons (Fsp3) is 0.417. The Hall–Kier alpha value is -1.62. The van der Waals surface area contributed by atoms with Gasteiger partial charge in [0, 0.05) is 13.1 Å². The van der Waals surface area contributed by atoms with E-state index in [1.165, 1.54) is 23.1 Å². The Bertz CT molecular complexity index is 460. The molecule has 0 aromatic heterocycles. The lowest BCUT2D eigenvalue weighted by Gasteiger charge is -2.19. The fourth-order valence-corrected chi connectivity index (χ4v) is 2.01. The Balaban J connectivity index is 2.24. The van der Waals surface area contributed by atoms with Crippen LogP contribution in [0, 0.1) is 5.82 Å². The van der Waals surface area contributed by atoms with Gasteiger partial charge in [0.2, 0.25) is 0 Å². The van der Waals surface area contributed by atoms with E-state index in [-0.39, 0.29) is 23.7 Å². The van der Waals surface area contributed by atoms with E-state index < -0.39 is 11.4 Å². The van der Waals surface area contributed by atoms with Crippen molar-refractivity contribution in [1.82, 2.24) is 4.90 Å². The molecule has 0 saturated carbocycles. The van der Waals surface area contributed by atoms with Crippen LogP contribution in [0.1, 0.15) is 23.7 Å². The Morgan fingerprint density at radius 2 is 2.29 bits per heavy atom. The number of carbonyl (C=O) groups excluding carboxylic acids is 1. The van der Waals surface area contributed by atoms with E-state index in [2.05, 4.69) is 0 Å². The maximum absolute atomic E-state index is 13.2. The summed E-state index contributed by atoms with van der Waals surface area (Å²) in [5, 5.41) is 9.79. The van der Waals surface area contributed by atoms with Crippen molar-refractivity contribution in [3.05, 3.63) is 29.6 Å². The first kappa shape index (κ1) is 11.9. The predicted octanol–water partition coefficient (Wildman–Crippen LogP) is 1.00. The minimum absolute atomic E-state index is 0.135. The average Bonchev–Trinajstić information content (AvgIpc) is 2.62. The molecule has 1 aromatic carbocycles. The zero-order chi connectivity index (χ0) is 12.6. The van der Waals surface area contributed by atoms with Crippen LogP contribution in [0.4, 0.5) is 10.1 Å². The molecule has 1 atom stereocenters. The van der Waals surface area contributed by atoms with Gasteiger partial charge in [-0.3, -0.25) is 4.79 Å². The highest BCUT2D eigenvalue weighted by Crippen LogP contribution is 2.24. The lowest BCUT2D eigenvalue weighted by Crippen LogP contribution is -2.34. The van der Waals surface area contributed by atoms with Crippen LogP contribution in [0.15, 0.2) is 18.2 Å². The summed E-state index contributed by atoms with van der Waals surface area (Å²) in [5.41, 5.74) is 4.69. The smallest absolute Gasteiger partial charge is 0.256 e. The van der Waals surface area contributed by atoms with Crippen molar-refractivity contribution in [2.45, 2.75) is 18.9 Å². The van der Waals surface area contributed by atoms with Gasteiger partial charge in [-0.15, -0.1) is 0 Å². The number of benzene rings is 1. The molecule has 5 heteroatoms. The Kier molecular flexibility index (Phi) is 2.79. The van der Waals surface area contributed by atoms with Gasteiger partial charge in [-0.05, 0) is 25.5 Å². The molecule has 1 fully saturated rings. The number of anilines is 1. The molecule has 92 valence electrons. The number of β-amino-alcohol motifs (C(OH)–C–C–N with tert-alkyl or cyclic N) is 1. The molecule has 0 aliphatic carbocycles. The summed E-state index contributed by atoms with van der Waals surface area (Å²) < 4.78 is 13.2. The van der Waals surface area contributed by atoms with E-state index in [0.29, 0.717) is 13.0 Å². The number of likely N-dealkylation sites (tertiary alicyclic amines) is 1. The number of hydrogen-bond donors (Lipinski definition) is 2. The van der Waals surface area contributed by atoms with E-state index in [1.54, 1.807) is 6.92 Å². The largest absolute Gasteiger partial charge is 0.396 e. The molecular formula is C12H15FN2O2. The van der Waals surface area contributed by atoms with Crippen molar-refractivity contribution in [2.24, 2.45) is 0 Å². The van der Waals surface area contributed by atoms with E-state index in [0.717, 1.165) is 0 Å². The number of halogens is 1. The zero-order valence-electron chi connectivity index (χ0n) is 9.61. The minimum Gasteiger partial charge on any atom is -0.396 e. The first-order chi connectivity index (χ1) is 7.91. The summed E-state index contributed by atoms with van der Waals surface area (Å²) >= 11 is 0. The topological polar surface area (TPSA) is 66.6 Å². The maximum atomic E-state index is 13.2. The molecule has 1 aromatic rings. The predicted molar refractivity (Wildman–Crippen MR) is 62.0 cm³/mol. The normalized spacial score (nSPS) is 24.1. The molecule has 0 radical (unpaired) electrons. The third-order valence-corrected chi connectivity index (χ3v) is 3.02. The van der Waals surface area contributed by atoms with Crippen molar-refractivity contribution < 1.29 is 14.3 Å². The third-order valence-electron chi connectivity index (χ3n) is 3.02. The Morgan fingerprint density at radius 1 is 1.59 bits per heavy atom. The Morgan fingerprint density at radius 3 is 2.88 bits per heavy atom. The minimum atomic E-state index is -0.863. The molecule has 0 spiro atoms. The van der Waals surface area contributed by atoms with Gasteiger partial charge in [0.25, 0.3) is 5.91 Å². The van der Waals surface area contributed by atoms with Crippen LogP contribution in [0.5, 0.6) is 0 Å². The highest BCUT2D eigenvalue weighted by atomic mass is 19.1.